The number of nitrogens with zero attached hydrogens (tertiary/aromatic N) is 1. The zero-order chi connectivity index (χ0) is 13.1. The van der Waals surface area contributed by atoms with Gasteiger partial charge in [0.25, 0.3) is 5.69 Å². The molecule has 1 aromatic carbocycles. The van der Waals surface area contributed by atoms with Crippen LogP contribution >= 0.6 is 0 Å². The van der Waals surface area contributed by atoms with Crippen molar-refractivity contribution in [2.75, 3.05) is 11.1 Å². The summed E-state index contributed by atoms with van der Waals surface area (Å²) in [5.74, 6) is 0. The van der Waals surface area contributed by atoms with Crippen LogP contribution in [-0.2, 0) is 0 Å². The molecule has 0 spiro atoms. The SMILES string of the molecule is CCCC(C)(C)Nc1ccc([N+](=O)[O-])c(N)c1. The smallest absolute Gasteiger partial charge is 0.292 e. The number of hydrogen-bond acceptors (Lipinski definition) is 4. The fourth-order valence-electron chi connectivity index (χ4n) is 1.88. The highest BCUT2D eigenvalue weighted by atomic mass is 16.6. The lowest BCUT2D eigenvalue weighted by atomic mass is 9.98. The zero-order valence-corrected chi connectivity index (χ0v) is 10.5. The van der Waals surface area contributed by atoms with Gasteiger partial charge in [0, 0.05) is 17.3 Å². The van der Waals surface area contributed by atoms with Crippen molar-refractivity contribution in [1.82, 2.24) is 0 Å². The third-order valence-corrected chi connectivity index (χ3v) is 2.58. The number of hydrogen-bond donors (Lipinski definition) is 2. The summed E-state index contributed by atoms with van der Waals surface area (Å²) in [6.45, 7) is 6.30. The highest BCUT2D eigenvalue weighted by molar-refractivity contribution is 5.66. The topological polar surface area (TPSA) is 81.2 Å². The molecule has 0 aliphatic carbocycles. The van der Waals surface area contributed by atoms with Gasteiger partial charge in [0.1, 0.15) is 5.69 Å². The van der Waals surface area contributed by atoms with E-state index in [4.69, 9.17) is 5.73 Å². The van der Waals surface area contributed by atoms with Crippen LogP contribution in [0.5, 0.6) is 0 Å². The summed E-state index contributed by atoms with van der Waals surface area (Å²) < 4.78 is 0. The third-order valence-electron chi connectivity index (χ3n) is 2.58. The highest BCUT2D eigenvalue weighted by Gasteiger charge is 2.17. The second-order valence-electron chi connectivity index (χ2n) is 4.79. The van der Waals surface area contributed by atoms with Crippen LogP contribution in [0.15, 0.2) is 18.2 Å². The first-order chi connectivity index (χ1) is 7.85. The van der Waals surface area contributed by atoms with E-state index in [0.29, 0.717) is 0 Å². The standard InChI is InChI=1S/C12H19N3O2/c1-4-7-12(2,3)14-9-5-6-11(15(16)17)10(13)8-9/h5-6,8,14H,4,7,13H2,1-3H3. The van der Waals surface area contributed by atoms with Gasteiger partial charge >= 0.3 is 0 Å². The summed E-state index contributed by atoms with van der Waals surface area (Å²) >= 11 is 0. The Kier molecular flexibility index (Phi) is 3.93. The summed E-state index contributed by atoms with van der Waals surface area (Å²) in [6.07, 6.45) is 2.09. The molecule has 0 amide bonds. The summed E-state index contributed by atoms with van der Waals surface area (Å²) in [6, 6.07) is 4.72. The molecule has 94 valence electrons. The molecular weight excluding hydrogens is 218 g/mol. The lowest BCUT2D eigenvalue weighted by Crippen LogP contribution is -2.30. The maximum atomic E-state index is 10.6. The van der Waals surface area contributed by atoms with Crippen LogP contribution < -0.4 is 11.1 Å². The van der Waals surface area contributed by atoms with Crippen molar-refractivity contribution in [1.29, 1.82) is 0 Å². The van der Waals surface area contributed by atoms with Crippen molar-refractivity contribution < 1.29 is 4.92 Å². The Labute approximate surface area is 101 Å². The van der Waals surface area contributed by atoms with Crippen molar-refractivity contribution in [3.63, 3.8) is 0 Å². The van der Waals surface area contributed by atoms with Crippen LogP contribution in [0.1, 0.15) is 33.6 Å². The molecule has 0 radical (unpaired) electrons. The predicted octanol–water partition coefficient (Wildman–Crippen LogP) is 3.17. The van der Waals surface area contributed by atoms with Crippen LogP contribution in [0, 0.1) is 10.1 Å². The Morgan fingerprint density at radius 1 is 1.47 bits per heavy atom. The van der Waals surface area contributed by atoms with Gasteiger partial charge in [-0.1, -0.05) is 13.3 Å². The molecule has 3 N–H and O–H groups in total. The molecule has 5 nitrogen and oxygen atoms in total. The van der Waals surface area contributed by atoms with Gasteiger partial charge in [-0.15, -0.1) is 0 Å². The molecule has 1 aromatic rings. The number of nitrogens with one attached hydrogen (secondary N) is 1. The maximum Gasteiger partial charge on any atom is 0.292 e. The fourth-order valence-corrected chi connectivity index (χ4v) is 1.88. The molecule has 0 heterocycles. The van der Waals surface area contributed by atoms with Gasteiger partial charge in [0.2, 0.25) is 0 Å². The second-order valence-corrected chi connectivity index (χ2v) is 4.79. The average Bonchev–Trinajstić information content (AvgIpc) is 2.15. The van der Waals surface area contributed by atoms with Gasteiger partial charge in [-0.05, 0) is 32.4 Å². The average molecular weight is 237 g/mol. The Morgan fingerprint density at radius 2 is 2.12 bits per heavy atom. The Morgan fingerprint density at radius 3 is 2.59 bits per heavy atom. The van der Waals surface area contributed by atoms with Gasteiger partial charge in [-0.3, -0.25) is 10.1 Å². The van der Waals surface area contributed by atoms with E-state index < -0.39 is 4.92 Å². The number of anilines is 2. The van der Waals surface area contributed by atoms with Crippen LogP contribution in [0.4, 0.5) is 17.1 Å². The van der Waals surface area contributed by atoms with E-state index >= 15 is 0 Å². The monoisotopic (exact) mass is 237 g/mol. The van der Waals surface area contributed by atoms with E-state index in [1.54, 1.807) is 12.1 Å². The van der Waals surface area contributed by atoms with Crippen molar-refractivity contribution in [3.8, 4) is 0 Å². The number of rotatable bonds is 5. The fraction of sp³-hybridized carbons (Fsp3) is 0.500. The van der Waals surface area contributed by atoms with E-state index in [-0.39, 0.29) is 16.9 Å². The Balaban J connectivity index is 2.88. The first-order valence-corrected chi connectivity index (χ1v) is 5.68. The van der Waals surface area contributed by atoms with Crippen LogP contribution in [0.2, 0.25) is 0 Å². The summed E-state index contributed by atoms with van der Waals surface area (Å²) in [5.41, 5.74) is 6.54. The molecule has 0 fully saturated rings. The molecule has 0 unspecified atom stereocenters. The third kappa shape index (κ3) is 3.62. The molecule has 17 heavy (non-hydrogen) atoms. The lowest BCUT2D eigenvalue weighted by Gasteiger charge is -2.27. The molecule has 1 rings (SSSR count). The van der Waals surface area contributed by atoms with Crippen LogP contribution in [-0.4, -0.2) is 10.5 Å². The predicted molar refractivity (Wildman–Crippen MR) is 70.1 cm³/mol. The quantitative estimate of drug-likeness (QED) is 0.468. The second kappa shape index (κ2) is 5.03. The molecule has 0 bridgehead atoms. The maximum absolute atomic E-state index is 10.6. The molecule has 0 aliphatic heterocycles. The molecule has 5 heteroatoms. The van der Waals surface area contributed by atoms with E-state index in [1.807, 2.05) is 0 Å². The molecule has 0 aliphatic rings. The van der Waals surface area contributed by atoms with Crippen molar-refractivity contribution >= 4 is 17.1 Å². The minimum Gasteiger partial charge on any atom is -0.393 e. The summed E-state index contributed by atoms with van der Waals surface area (Å²) in [7, 11) is 0. The summed E-state index contributed by atoms with van der Waals surface area (Å²) in [4.78, 5) is 10.2. The van der Waals surface area contributed by atoms with Crippen LogP contribution in [0.25, 0.3) is 0 Å². The lowest BCUT2D eigenvalue weighted by molar-refractivity contribution is -0.383. The van der Waals surface area contributed by atoms with E-state index in [2.05, 4.69) is 26.1 Å². The summed E-state index contributed by atoms with van der Waals surface area (Å²) in [5, 5.41) is 13.9. The normalized spacial score (nSPS) is 11.2. The highest BCUT2D eigenvalue weighted by Crippen LogP contribution is 2.27. The number of nitro groups is 1. The number of nitro benzene ring substituents is 1. The van der Waals surface area contributed by atoms with Gasteiger partial charge in [-0.2, -0.15) is 0 Å². The number of nitrogens with two attached hydrogens (primary N) is 1. The van der Waals surface area contributed by atoms with Gasteiger partial charge in [0.15, 0.2) is 0 Å². The van der Waals surface area contributed by atoms with Crippen molar-refractivity contribution in [2.45, 2.75) is 39.2 Å². The molecule has 0 saturated carbocycles. The molecular formula is C12H19N3O2. The molecule has 0 aromatic heterocycles. The minimum atomic E-state index is -0.476. The van der Waals surface area contributed by atoms with Gasteiger partial charge in [0.05, 0.1) is 4.92 Å². The van der Waals surface area contributed by atoms with E-state index in [1.165, 1.54) is 6.07 Å². The van der Waals surface area contributed by atoms with E-state index in [0.717, 1.165) is 18.5 Å². The van der Waals surface area contributed by atoms with Gasteiger partial charge in [-0.25, -0.2) is 0 Å². The largest absolute Gasteiger partial charge is 0.393 e. The molecule has 0 atom stereocenters. The zero-order valence-electron chi connectivity index (χ0n) is 10.5. The Hall–Kier alpha value is -1.78. The van der Waals surface area contributed by atoms with Crippen molar-refractivity contribution in [3.05, 3.63) is 28.3 Å². The van der Waals surface area contributed by atoms with Gasteiger partial charge < -0.3 is 11.1 Å². The van der Waals surface area contributed by atoms with E-state index in [9.17, 15) is 10.1 Å². The number of benzene rings is 1. The van der Waals surface area contributed by atoms with Crippen molar-refractivity contribution in [2.24, 2.45) is 0 Å². The van der Waals surface area contributed by atoms with Crippen LogP contribution in [0.3, 0.4) is 0 Å². The first-order valence-electron chi connectivity index (χ1n) is 5.68. The Bertz CT molecular complexity index is 416. The number of nitrogen functional groups attached to an aromatic ring is 1. The molecule has 0 saturated heterocycles. The first kappa shape index (κ1) is 13.3. The minimum absolute atomic E-state index is 0.0443.